The third-order valence-corrected chi connectivity index (χ3v) is 3.63. The molecule has 2 unspecified atom stereocenters. The Morgan fingerprint density at radius 3 is 1.58 bits per heavy atom. The van der Waals surface area contributed by atoms with Gasteiger partial charge in [0.15, 0.2) is 23.9 Å². The summed E-state index contributed by atoms with van der Waals surface area (Å²) >= 11 is 0. The zero-order valence-electron chi connectivity index (χ0n) is 17.2. The first-order chi connectivity index (χ1) is 14.1. The van der Waals surface area contributed by atoms with Gasteiger partial charge >= 0.3 is 17.1 Å². The molecule has 180 valence electrons. The second-order valence-electron chi connectivity index (χ2n) is 5.94. The molecule has 1 heterocycles. The maximum absolute atomic E-state index is 12.2. The van der Waals surface area contributed by atoms with E-state index in [1.807, 2.05) is 0 Å². The average molecular weight is 548 g/mol. The Bertz CT molecular complexity index is 905. The van der Waals surface area contributed by atoms with Crippen LogP contribution in [0.5, 0.6) is 0 Å². The van der Waals surface area contributed by atoms with Crippen molar-refractivity contribution in [1.29, 1.82) is 10.8 Å². The number of hydrogen-bond acceptors (Lipinski definition) is 5. The van der Waals surface area contributed by atoms with Gasteiger partial charge in [0, 0.05) is 18.7 Å². The largest absolute Gasteiger partial charge is 2.00 e. The Morgan fingerprint density at radius 1 is 0.879 bits per heavy atom. The molecular formula is C21H19Cl2F4FeN3O2. The second-order valence-corrected chi connectivity index (χ2v) is 5.94. The number of Topliss-reactive ketones (excluding diaryl/α,β-unsaturated/α-hetero) is 2. The fraction of sp³-hybridized carbons (Fsp3) is 0.190. The van der Waals surface area contributed by atoms with Gasteiger partial charge in [-0.2, -0.15) is 0 Å². The molecule has 2 atom stereocenters. The number of allylic oxidation sites excluding steroid dienone is 8. The Hall–Kier alpha value is -2.39. The van der Waals surface area contributed by atoms with Gasteiger partial charge in [0.25, 0.3) is 0 Å². The molecule has 5 nitrogen and oxygen atoms in total. The molecule has 0 saturated carbocycles. The van der Waals surface area contributed by atoms with E-state index in [0.29, 0.717) is 5.56 Å². The molecule has 0 saturated heterocycles. The van der Waals surface area contributed by atoms with Crippen molar-refractivity contribution < 1.29 is 69.0 Å². The standard InChI is InChI=1S/C9H9NO2.2C6H5F2N.2ClH.Fe/c1-6(11)8-4-3-5-10-9(8)7(2)12;2*7-4-2-1-3-5(8)6(4)9;;;/h3-5H,1-2H3;2*1-4,9H;2*1H;/q;;;;;+2/p-2. The zero-order chi connectivity index (χ0) is 22.8. The Morgan fingerprint density at radius 2 is 1.30 bits per heavy atom. The van der Waals surface area contributed by atoms with Crippen LogP contribution in [0.2, 0.25) is 0 Å². The monoisotopic (exact) mass is 547 g/mol. The number of carbonyl (C=O) groups excluding carboxylic acids is 2. The average Bonchev–Trinajstić information content (AvgIpc) is 2.71. The molecule has 0 spiro atoms. The summed E-state index contributed by atoms with van der Waals surface area (Å²) < 4.78 is 48.8. The number of ketones is 2. The first kappa shape index (κ1) is 35.2. The summed E-state index contributed by atoms with van der Waals surface area (Å²) in [7, 11) is 0. The second kappa shape index (κ2) is 17.1. The molecule has 33 heavy (non-hydrogen) atoms. The van der Waals surface area contributed by atoms with E-state index in [4.69, 9.17) is 10.8 Å². The van der Waals surface area contributed by atoms with Crippen LogP contribution in [0.15, 0.2) is 66.4 Å². The van der Waals surface area contributed by atoms with Gasteiger partial charge in [-0.25, -0.2) is 17.6 Å². The first-order valence-electron chi connectivity index (χ1n) is 8.56. The number of halogens is 6. The molecule has 2 aliphatic rings. The topological polar surface area (TPSA) is 94.7 Å². The maximum atomic E-state index is 12.2. The summed E-state index contributed by atoms with van der Waals surface area (Å²) in [4.78, 5) is 25.8. The molecule has 1 aromatic heterocycles. The smallest absolute Gasteiger partial charge is 1.00 e. The van der Waals surface area contributed by atoms with Gasteiger partial charge in [-0.3, -0.25) is 25.4 Å². The number of aromatic nitrogens is 1. The van der Waals surface area contributed by atoms with Gasteiger partial charge in [-0.05, 0) is 43.4 Å². The minimum Gasteiger partial charge on any atom is -1.00 e. The van der Waals surface area contributed by atoms with Crippen LogP contribution >= 0.6 is 0 Å². The van der Waals surface area contributed by atoms with Crippen molar-refractivity contribution in [3.63, 3.8) is 0 Å². The molecule has 0 aromatic carbocycles. The summed E-state index contributed by atoms with van der Waals surface area (Å²) in [5.41, 5.74) is -0.523. The van der Waals surface area contributed by atoms with Gasteiger partial charge in [0.1, 0.15) is 28.8 Å². The van der Waals surface area contributed by atoms with Crippen molar-refractivity contribution >= 4 is 23.0 Å². The number of nitrogens with zero attached hydrogens (tertiary/aromatic N) is 1. The normalized spacial score (nSPS) is 17.8. The van der Waals surface area contributed by atoms with Crippen molar-refractivity contribution in [3.05, 3.63) is 77.7 Å². The Kier molecular flexibility index (Phi) is 18.3. The van der Waals surface area contributed by atoms with E-state index in [0.717, 1.165) is 24.3 Å². The van der Waals surface area contributed by atoms with Crippen LogP contribution < -0.4 is 24.8 Å². The van der Waals surface area contributed by atoms with Crippen LogP contribution in [-0.4, -0.2) is 40.3 Å². The molecule has 2 N–H and O–H groups in total. The number of carbonyl (C=O) groups is 2. The van der Waals surface area contributed by atoms with Gasteiger partial charge in [-0.15, -0.1) is 0 Å². The number of hydrogen-bond donors (Lipinski definition) is 2. The minimum atomic E-state index is -1.56. The maximum Gasteiger partial charge on any atom is 2.00 e. The molecular weight excluding hydrogens is 529 g/mol. The van der Waals surface area contributed by atoms with Gasteiger partial charge in [-0.1, -0.05) is 12.2 Å². The molecule has 1 aromatic rings. The Balaban J connectivity index is -0.000000396. The van der Waals surface area contributed by atoms with E-state index in [-0.39, 0.29) is 59.1 Å². The summed E-state index contributed by atoms with van der Waals surface area (Å²) in [6.45, 7) is 2.82. The summed E-state index contributed by atoms with van der Waals surface area (Å²) in [5, 5.41) is 13.5. The quantitative estimate of drug-likeness (QED) is 0.283. The fourth-order valence-corrected chi connectivity index (χ4v) is 2.08. The number of nitrogens with one attached hydrogen (secondary N) is 2. The van der Waals surface area contributed by atoms with Crippen LogP contribution in [-0.2, 0) is 17.1 Å². The van der Waals surface area contributed by atoms with Gasteiger partial charge in [0.2, 0.25) is 0 Å². The molecule has 0 radical (unpaired) electrons. The van der Waals surface area contributed by atoms with Crippen LogP contribution in [0, 0.1) is 10.8 Å². The summed E-state index contributed by atoms with van der Waals surface area (Å²) in [6.07, 6.45) is 5.30. The van der Waals surface area contributed by atoms with Crippen molar-refractivity contribution in [2.75, 3.05) is 0 Å². The molecule has 0 fully saturated rings. The van der Waals surface area contributed by atoms with Crippen LogP contribution in [0.1, 0.15) is 34.7 Å². The SMILES string of the molecule is CC(=O)c1cccnc1C(C)=O.N=C1C(F)=CC=CC1F.N=C1C(F)=CC=CC1F.[Cl-].[Cl-].[Fe+2]. The number of pyridine rings is 1. The van der Waals surface area contributed by atoms with Gasteiger partial charge < -0.3 is 24.8 Å². The molecule has 0 aliphatic heterocycles. The molecule has 0 bridgehead atoms. The zero-order valence-corrected chi connectivity index (χ0v) is 19.9. The van der Waals surface area contributed by atoms with Crippen LogP contribution in [0.4, 0.5) is 17.6 Å². The summed E-state index contributed by atoms with van der Waals surface area (Å²) in [6, 6.07) is 3.25. The van der Waals surface area contributed by atoms with E-state index >= 15 is 0 Å². The van der Waals surface area contributed by atoms with Gasteiger partial charge in [0.05, 0.1) is 0 Å². The minimum absolute atomic E-state index is 0. The van der Waals surface area contributed by atoms with E-state index < -0.39 is 35.4 Å². The predicted molar refractivity (Wildman–Crippen MR) is 106 cm³/mol. The third kappa shape index (κ3) is 11.3. The predicted octanol–water partition coefficient (Wildman–Crippen LogP) is -0.973. The fourth-order valence-electron chi connectivity index (χ4n) is 2.08. The van der Waals surface area contributed by atoms with Crippen LogP contribution in [0.3, 0.4) is 0 Å². The molecule has 3 rings (SSSR count). The molecule has 12 heteroatoms. The Labute approximate surface area is 211 Å². The van der Waals surface area contributed by atoms with Crippen molar-refractivity contribution in [2.24, 2.45) is 0 Å². The van der Waals surface area contributed by atoms with Crippen LogP contribution in [0.25, 0.3) is 0 Å². The number of alkyl halides is 2. The van der Waals surface area contributed by atoms with E-state index in [2.05, 4.69) is 4.98 Å². The molecule has 2 aliphatic carbocycles. The summed E-state index contributed by atoms with van der Waals surface area (Å²) in [5.74, 6) is -1.89. The van der Waals surface area contributed by atoms with E-state index in [1.54, 1.807) is 12.1 Å². The third-order valence-electron chi connectivity index (χ3n) is 3.63. The first-order valence-corrected chi connectivity index (χ1v) is 8.56. The molecule has 0 amide bonds. The van der Waals surface area contributed by atoms with Crippen molar-refractivity contribution in [2.45, 2.75) is 26.2 Å². The number of rotatable bonds is 2. The van der Waals surface area contributed by atoms with E-state index in [1.165, 1.54) is 32.2 Å². The van der Waals surface area contributed by atoms with Crippen molar-refractivity contribution in [1.82, 2.24) is 4.98 Å². The van der Waals surface area contributed by atoms with Crippen molar-refractivity contribution in [3.8, 4) is 0 Å². The van der Waals surface area contributed by atoms with E-state index in [9.17, 15) is 27.2 Å².